The van der Waals surface area contributed by atoms with Crippen LogP contribution < -0.4 is 10.6 Å². The fourth-order valence-electron chi connectivity index (χ4n) is 2.71. The number of nitrogens with two attached hydrogens (primary N) is 1. The average molecular weight is 239 g/mol. The molecule has 0 radical (unpaired) electrons. The summed E-state index contributed by atoms with van der Waals surface area (Å²) in [6.45, 7) is 1.75. The highest BCUT2D eigenvalue weighted by Crippen LogP contribution is 2.41. The first-order chi connectivity index (χ1) is 8.90. The third-order valence-corrected chi connectivity index (χ3v) is 3.56. The summed E-state index contributed by atoms with van der Waals surface area (Å²) in [5.41, 5.74) is 9.65. The molecule has 3 rings (SSSR count). The molecule has 1 aromatic carbocycles. The maximum atomic E-state index is 5.72. The van der Waals surface area contributed by atoms with Gasteiger partial charge in [0.15, 0.2) is 0 Å². The Morgan fingerprint density at radius 1 is 1.17 bits per heavy atom. The van der Waals surface area contributed by atoms with E-state index in [0.717, 1.165) is 19.5 Å². The van der Waals surface area contributed by atoms with E-state index in [-0.39, 0.29) is 0 Å². The number of nitrogens with zero attached hydrogens (tertiary/aromatic N) is 2. The van der Waals surface area contributed by atoms with Crippen LogP contribution in [0.3, 0.4) is 0 Å². The minimum absolute atomic E-state index is 0.541. The molecule has 1 aromatic heterocycles. The first-order valence-electron chi connectivity index (χ1n) is 6.36. The molecule has 0 spiro atoms. The Bertz CT molecular complexity index is 524. The minimum atomic E-state index is 0.541. The van der Waals surface area contributed by atoms with Gasteiger partial charge < -0.3 is 10.6 Å². The second-order valence-electron chi connectivity index (χ2n) is 4.65. The van der Waals surface area contributed by atoms with E-state index in [0.29, 0.717) is 5.92 Å². The molecule has 1 aliphatic heterocycles. The predicted octanol–water partition coefficient (Wildman–Crippen LogP) is 2.67. The molecule has 0 aliphatic carbocycles. The third-order valence-electron chi connectivity index (χ3n) is 3.56. The summed E-state index contributed by atoms with van der Waals surface area (Å²) in [6, 6.07) is 12.7. The number of hydrogen-bond acceptors (Lipinski definition) is 3. The summed E-state index contributed by atoms with van der Waals surface area (Å²) in [6.07, 6.45) is 4.72. The molecular formula is C15H17N3. The molecule has 1 atom stereocenters. The first-order valence-corrected chi connectivity index (χ1v) is 6.36. The smallest absolute Gasteiger partial charge is 0.0447 e. The Labute approximate surface area is 107 Å². The molecule has 2 aromatic rings. The van der Waals surface area contributed by atoms with E-state index < -0.39 is 0 Å². The maximum absolute atomic E-state index is 5.72. The van der Waals surface area contributed by atoms with Crippen LogP contribution in [0.15, 0.2) is 48.8 Å². The summed E-state index contributed by atoms with van der Waals surface area (Å²) in [5.74, 6) is 0.541. The van der Waals surface area contributed by atoms with E-state index in [9.17, 15) is 0 Å². The van der Waals surface area contributed by atoms with Crippen molar-refractivity contribution in [1.29, 1.82) is 0 Å². The van der Waals surface area contributed by atoms with Crippen LogP contribution in [0.1, 0.15) is 17.9 Å². The maximum Gasteiger partial charge on any atom is 0.0447 e. The number of anilines is 2. The summed E-state index contributed by atoms with van der Waals surface area (Å²) < 4.78 is 0. The number of aromatic nitrogens is 1. The van der Waals surface area contributed by atoms with Crippen molar-refractivity contribution in [3.05, 3.63) is 54.4 Å². The van der Waals surface area contributed by atoms with E-state index in [4.69, 9.17) is 5.73 Å². The van der Waals surface area contributed by atoms with Crippen molar-refractivity contribution in [2.45, 2.75) is 12.3 Å². The molecule has 1 unspecified atom stereocenters. The number of benzene rings is 1. The van der Waals surface area contributed by atoms with Crippen LogP contribution in [0, 0.1) is 0 Å². The van der Waals surface area contributed by atoms with Gasteiger partial charge in [0, 0.05) is 36.2 Å². The lowest BCUT2D eigenvalue weighted by Gasteiger charge is -2.19. The Morgan fingerprint density at radius 2 is 1.94 bits per heavy atom. The highest BCUT2D eigenvalue weighted by atomic mass is 15.2. The Hall–Kier alpha value is -1.87. The van der Waals surface area contributed by atoms with E-state index in [1.54, 1.807) is 0 Å². The topological polar surface area (TPSA) is 42.1 Å². The van der Waals surface area contributed by atoms with Gasteiger partial charge in [-0.2, -0.15) is 0 Å². The van der Waals surface area contributed by atoms with Crippen LogP contribution in [0.5, 0.6) is 0 Å². The Balaban J connectivity index is 1.99. The summed E-state index contributed by atoms with van der Waals surface area (Å²) in [7, 11) is 0. The lowest BCUT2D eigenvalue weighted by Crippen LogP contribution is -2.17. The monoisotopic (exact) mass is 239 g/mol. The molecule has 1 aliphatic rings. The predicted molar refractivity (Wildman–Crippen MR) is 74.1 cm³/mol. The lowest BCUT2D eigenvalue weighted by atomic mass is 9.98. The van der Waals surface area contributed by atoms with Gasteiger partial charge in [-0.3, -0.25) is 4.98 Å². The first kappa shape index (κ1) is 11.2. The molecule has 0 bridgehead atoms. The number of pyridine rings is 1. The van der Waals surface area contributed by atoms with Crippen molar-refractivity contribution >= 4 is 11.4 Å². The van der Waals surface area contributed by atoms with Crippen LogP contribution in [0.25, 0.3) is 0 Å². The summed E-state index contributed by atoms with van der Waals surface area (Å²) in [4.78, 5) is 6.44. The zero-order chi connectivity index (χ0) is 12.4. The van der Waals surface area contributed by atoms with Crippen molar-refractivity contribution in [3.8, 4) is 0 Å². The molecule has 3 heteroatoms. The standard InChI is InChI=1S/C15H17N3/c16-8-5-12-11-18(13-6-9-17-10-7-13)15-4-2-1-3-14(12)15/h1-4,6-7,9-10,12H,5,8,11,16H2. The van der Waals surface area contributed by atoms with Crippen molar-refractivity contribution < 1.29 is 0 Å². The molecule has 0 saturated heterocycles. The van der Waals surface area contributed by atoms with Crippen molar-refractivity contribution in [2.24, 2.45) is 5.73 Å². The lowest BCUT2D eigenvalue weighted by molar-refractivity contribution is 0.669. The van der Waals surface area contributed by atoms with Crippen LogP contribution in [-0.2, 0) is 0 Å². The number of fused-ring (bicyclic) bond motifs is 1. The Kier molecular flexibility index (Phi) is 2.99. The van der Waals surface area contributed by atoms with E-state index in [2.05, 4.69) is 46.3 Å². The fraction of sp³-hybridized carbons (Fsp3) is 0.267. The quantitative estimate of drug-likeness (QED) is 0.895. The van der Waals surface area contributed by atoms with Crippen LogP contribution in [0.4, 0.5) is 11.4 Å². The second kappa shape index (κ2) is 4.78. The van der Waals surface area contributed by atoms with Crippen molar-refractivity contribution in [2.75, 3.05) is 18.0 Å². The van der Waals surface area contributed by atoms with Crippen LogP contribution >= 0.6 is 0 Å². The Morgan fingerprint density at radius 3 is 2.72 bits per heavy atom. The molecule has 0 saturated carbocycles. The zero-order valence-electron chi connectivity index (χ0n) is 10.3. The van der Waals surface area contributed by atoms with E-state index in [1.807, 2.05) is 12.4 Å². The van der Waals surface area contributed by atoms with Crippen molar-refractivity contribution in [3.63, 3.8) is 0 Å². The van der Waals surface area contributed by atoms with E-state index >= 15 is 0 Å². The average Bonchev–Trinajstić information content (AvgIpc) is 2.80. The van der Waals surface area contributed by atoms with Gasteiger partial charge in [-0.25, -0.2) is 0 Å². The molecule has 92 valence electrons. The SMILES string of the molecule is NCCC1CN(c2ccncc2)c2ccccc21. The third kappa shape index (κ3) is 1.87. The molecule has 2 heterocycles. The highest BCUT2D eigenvalue weighted by Gasteiger charge is 2.28. The van der Waals surface area contributed by atoms with Gasteiger partial charge in [0.25, 0.3) is 0 Å². The van der Waals surface area contributed by atoms with E-state index in [1.165, 1.54) is 16.9 Å². The van der Waals surface area contributed by atoms with Gasteiger partial charge in [0.1, 0.15) is 0 Å². The van der Waals surface area contributed by atoms with Gasteiger partial charge in [-0.1, -0.05) is 18.2 Å². The summed E-state index contributed by atoms with van der Waals surface area (Å²) >= 11 is 0. The second-order valence-corrected chi connectivity index (χ2v) is 4.65. The number of rotatable bonds is 3. The molecule has 2 N–H and O–H groups in total. The largest absolute Gasteiger partial charge is 0.341 e. The molecule has 0 amide bonds. The van der Waals surface area contributed by atoms with Gasteiger partial charge in [0.05, 0.1) is 0 Å². The minimum Gasteiger partial charge on any atom is -0.341 e. The molecular weight excluding hydrogens is 222 g/mol. The van der Waals surface area contributed by atoms with Gasteiger partial charge >= 0.3 is 0 Å². The normalized spacial score (nSPS) is 17.8. The number of hydrogen-bond donors (Lipinski definition) is 1. The summed E-state index contributed by atoms with van der Waals surface area (Å²) in [5, 5.41) is 0. The number of para-hydroxylation sites is 1. The van der Waals surface area contributed by atoms with Crippen molar-refractivity contribution in [1.82, 2.24) is 4.98 Å². The molecule has 0 fully saturated rings. The molecule has 3 nitrogen and oxygen atoms in total. The molecule has 18 heavy (non-hydrogen) atoms. The van der Waals surface area contributed by atoms with Gasteiger partial charge in [-0.15, -0.1) is 0 Å². The van der Waals surface area contributed by atoms with Gasteiger partial charge in [-0.05, 0) is 36.7 Å². The fourth-order valence-corrected chi connectivity index (χ4v) is 2.71. The van der Waals surface area contributed by atoms with Crippen LogP contribution in [0.2, 0.25) is 0 Å². The zero-order valence-corrected chi connectivity index (χ0v) is 10.3. The van der Waals surface area contributed by atoms with Crippen LogP contribution in [-0.4, -0.2) is 18.1 Å². The highest BCUT2D eigenvalue weighted by molar-refractivity contribution is 5.70. The van der Waals surface area contributed by atoms with Gasteiger partial charge in [0.2, 0.25) is 0 Å².